The highest BCUT2D eigenvalue weighted by atomic mass is 79.9. The van der Waals surface area contributed by atoms with Gasteiger partial charge in [-0.1, -0.05) is 40.2 Å². The number of hydrogen-bond acceptors (Lipinski definition) is 5. The van der Waals surface area contributed by atoms with E-state index in [0.29, 0.717) is 12.1 Å². The molecule has 0 unspecified atom stereocenters. The maximum atomic E-state index is 13.5. The Morgan fingerprint density at radius 3 is 2.53 bits per heavy atom. The van der Waals surface area contributed by atoms with Crippen molar-refractivity contribution in [3.05, 3.63) is 98.0 Å². The minimum atomic E-state index is -3.79. The van der Waals surface area contributed by atoms with Gasteiger partial charge in [-0.3, -0.25) is 14.9 Å². The molecule has 0 saturated heterocycles. The first kappa shape index (κ1) is 24.1. The van der Waals surface area contributed by atoms with Crippen LogP contribution in [0, 0.1) is 10.1 Å². The van der Waals surface area contributed by atoms with Crippen LogP contribution in [0.3, 0.4) is 0 Å². The lowest BCUT2D eigenvalue weighted by Gasteiger charge is -2.29. The molecule has 0 radical (unpaired) electrons. The molecule has 3 aromatic rings. The van der Waals surface area contributed by atoms with Crippen molar-refractivity contribution in [2.24, 2.45) is 0 Å². The Bertz CT molecular complexity index is 1360. The molecule has 8 nitrogen and oxygen atoms in total. The van der Waals surface area contributed by atoms with Crippen LogP contribution >= 0.6 is 15.9 Å². The Balaban J connectivity index is 1.66. The van der Waals surface area contributed by atoms with Gasteiger partial charge in [0.05, 0.1) is 9.82 Å². The predicted octanol–water partition coefficient (Wildman–Crippen LogP) is 4.77. The van der Waals surface area contributed by atoms with Gasteiger partial charge in [-0.25, -0.2) is 8.42 Å². The standard InChI is InChI=1S/C24H22BrN3O5S/c1-26(34(32,33)20-11-9-19(25)10-12-20)16-17-8-13-23(28(30)31)21(15-17)24(29)27-14-4-6-18-5-2-3-7-22(18)27/h2-3,5,7-13,15H,4,6,14,16H2,1H3. The lowest BCUT2D eigenvalue weighted by molar-refractivity contribution is -0.385. The van der Waals surface area contributed by atoms with E-state index in [1.165, 1.54) is 37.4 Å². The molecule has 176 valence electrons. The van der Waals surface area contributed by atoms with Crippen LogP contribution in [0.15, 0.2) is 76.1 Å². The highest BCUT2D eigenvalue weighted by Crippen LogP contribution is 2.31. The Labute approximate surface area is 206 Å². The zero-order valence-electron chi connectivity index (χ0n) is 18.3. The molecule has 1 aliphatic heterocycles. The topological polar surface area (TPSA) is 101 Å². The van der Waals surface area contributed by atoms with Crippen molar-refractivity contribution in [2.75, 3.05) is 18.5 Å². The average Bonchev–Trinajstić information content (AvgIpc) is 2.83. The van der Waals surface area contributed by atoms with E-state index in [0.717, 1.165) is 32.9 Å². The number of hydrogen-bond donors (Lipinski definition) is 0. The number of amides is 1. The molecule has 0 bridgehead atoms. The van der Waals surface area contributed by atoms with E-state index in [-0.39, 0.29) is 22.7 Å². The second-order valence-electron chi connectivity index (χ2n) is 8.01. The van der Waals surface area contributed by atoms with Gasteiger partial charge < -0.3 is 4.90 Å². The largest absolute Gasteiger partial charge is 0.308 e. The molecular weight excluding hydrogens is 522 g/mol. The molecule has 0 N–H and O–H groups in total. The summed E-state index contributed by atoms with van der Waals surface area (Å²) in [6, 6.07) is 17.9. The van der Waals surface area contributed by atoms with Crippen LogP contribution in [-0.4, -0.2) is 37.1 Å². The summed E-state index contributed by atoms with van der Waals surface area (Å²) in [4.78, 5) is 26.2. The minimum Gasteiger partial charge on any atom is -0.308 e. The van der Waals surface area contributed by atoms with Crippen molar-refractivity contribution >= 4 is 43.2 Å². The molecule has 0 saturated carbocycles. The van der Waals surface area contributed by atoms with Crippen LogP contribution in [0.1, 0.15) is 27.9 Å². The molecule has 0 aliphatic carbocycles. The van der Waals surface area contributed by atoms with Gasteiger partial charge in [0.15, 0.2) is 0 Å². The number of fused-ring (bicyclic) bond motifs is 1. The summed E-state index contributed by atoms with van der Waals surface area (Å²) in [5.74, 6) is -0.473. The van der Waals surface area contributed by atoms with Gasteiger partial charge in [-0.05, 0) is 60.4 Å². The number of carbonyl (C=O) groups is 1. The van der Waals surface area contributed by atoms with Gasteiger partial charge in [0.25, 0.3) is 11.6 Å². The molecule has 3 aromatic carbocycles. The van der Waals surface area contributed by atoms with Crippen molar-refractivity contribution in [3.63, 3.8) is 0 Å². The fourth-order valence-corrected chi connectivity index (χ4v) is 5.45. The Morgan fingerprint density at radius 2 is 1.82 bits per heavy atom. The van der Waals surface area contributed by atoms with E-state index >= 15 is 0 Å². The first-order chi connectivity index (χ1) is 16.2. The van der Waals surface area contributed by atoms with Gasteiger partial charge in [0.2, 0.25) is 10.0 Å². The summed E-state index contributed by atoms with van der Waals surface area (Å²) in [6.07, 6.45) is 1.59. The highest BCUT2D eigenvalue weighted by Gasteiger charge is 2.29. The molecule has 0 aromatic heterocycles. The van der Waals surface area contributed by atoms with Crippen LogP contribution in [0.5, 0.6) is 0 Å². The average molecular weight is 544 g/mol. The number of anilines is 1. The van der Waals surface area contributed by atoms with Gasteiger partial charge >= 0.3 is 0 Å². The van der Waals surface area contributed by atoms with E-state index in [4.69, 9.17) is 0 Å². The number of nitrogens with zero attached hydrogens (tertiary/aromatic N) is 3. The molecule has 0 fully saturated rings. The van der Waals surface area contributed by atoms with Crippen LogP contribution in [0.25, 0.3) is 0 Å². The molecule has 10 heteroatoms. The smallest absolute Gasteiger partial charge is 0.282 e. The summed E-state index contributed by atoms with van der Waals surface area (Å²) in [7, 11) is -2.36. The quantitative estimate of drug-likeness (QED) is 0.329. The Hall–Kier alpha value is -3.08. The summed E-state index contributed by atoms with van der Waals surface area (Å²) in [5, 5.41) is 11.7. The molecule has 1 heterocycles. The van der Waals surface area contributed by atoms with E-state index < -0.39 is 20.9 Å². The number of aryl methyl sites for hydroxylation is 1. The van der Waals surface area contributed by atoms with Crippen LogP contribution in [-0.2, 0) is 23.0 Å². The molecule has 1 aliphatic rings. The SMILES string of the molecule is CN(Cc1ccc([N+](=O)[O-])c(C(=O)N2CCCc3ccccc32)c1)S(=O)(=O)c1ccc(Br)cc1. The highest BCUT2D eigenvalue weighted by molar-refractivity contribution is 9.10. The van der Waals surface area contributed by atoms with Crippen molar-refractivity contribution in [1.82, 2.24) is 4.31 Å². The van der Waals surface area contributed by atoms with Crippen molar-refractivity contribution < 1.29 is 18.1 Å². The molecule has 4 rings (SSSR count). The molecule has 0 atom stereocenters. The number of sulfonamides is 1. The van der Waals surface area contributed by atoms with Crippen LogP contribution in [0.4, 0.5) is 11.4 Å². The van der Waals surface area contributed by atoms with E-state index in [1.807, 2.05) is 24.3 Å². The maximum Gasteiger partial charge on any atom is 0.282 e. The van der Waals surface area contributed by atoms with Crippen molar-refractivity contribution in [3.8, 4) is 0 Å². The Morgan fingerprint density at radius 1 is 1.12 bits per heavy atom. The lowest BCUT2D eigenvalue weighted by Crippen LogP contribution is -2.36. The van der Waals surface area contributed by atoms with Gasteiger partial charge in [-0.15, -0.1) is 0 Å². The summed E-state index contributed by atoms with van der Waals surface area (Å²) >= 11 is 3.29. The fourth-order valence-electron chi connectivity index (χ4n) is 4.03. The lowest BCUT2D eigenvalue weighted by atomic mass is 10.00. The van der Waals surface area contributed by atoms with E-state index in [2.05, 4.69) is 15.9 Å². The Kier molecular flexibility index (Phi) is 6.83. The molecular formula is C24H22BrN3O5S. The second kappa shape index (κ2) is 9.65. The third kappa shape index (κ3) is 4.75. The van der Waals surface area contributed by atoms with E-state index in [1.54, 1.807) is 17.0 Å². The van der Waals surface area contributed by atoms with Gasteiger partial charge in [0.1, 0.15) is 5.56 Å². The van der Waals surface area contributed by atoms with E-state index in [9.17, 15) is 23.3 Å². The minimum absolute atomic E-state index is 0.0484. The van der Waals surface area contributed by atoms with Gasteiger partial charge in [-0.2, -0.15) is 4.31 Å². The maximum absolute atomic E-state index is 13.5. The fraction of sp³-hybridized carbons (Fsp3) is 0.208. The summed E-state index contributed by atoms with van der Waals surface area (Å²) in [5.41, 5.74) is 1.86. The third-order valence-corrected chi connectivity index (χ3v) is 8.12. The number of carbonyl (C=O) groups excluding carboxylic acids is 1. The summed E-state index contributed by atoms with van der Waals surface area (Å²) < 4.78 is 27.8. The van der Waals surface area contributed by atoms with Crippen LogP contribution < -0.4 is 4.90 Å². The molecule has 34 heavy (non-hydrogen) atoms. The third-order valence-electron chi connectivity index (χ3n) is 5.77. The molecule has 0 spiro atoms. The summed E-state index contributed by atoms with van der Waals surface area (Å²) in [6.45, 7) is 0.405. The zero-order chi connectivity index (χ0) is 24.5. The number of nitro benzene ring substituents is 1. The molecule has 1 amide bonds. The monoisotopic (exact) mass is 543 g/mol. The first-order valence-corrected chi connectivity index (χ1v) is 12.8. The number of para-hydroxylation sites is 1. The first-order valence-electron chi connectivity index (χ1n) is 10.6. The van der Waals surface area contributed by atoms with Crippen molar-refractivity contribution in [1.29, 1.82) is 0 Å². The second-order valence-corrected chi connectivity index (χ2v) is 11.0. The van der Waals surface area contributed by atoms with Crippen LogP contribution in [0.2, 0.25) is 0 Å². The van der Waals surface area contributed by atoms with Gasteiger partial charge in [0, 0.05) is 36.4 Å². The number of nitro groups is 1. The number of halogens is 1. The number of rotatable bonds is 6. The predicted molar refractivity (Wildman–Crippen MR) is 132 cm³/mol. The zero-order valence-corrected chi connectivity index (χ0v) is 20.8. The normalized spacial score (nSPS) is 13.6. The number of benzene rings is 3. The van der Waals surface area contributed by atoms with Crippen molar-refractivity contribution in [2.45, 2.75) is 24.3 Å².